The van der Waals surface area contributed by atoms with E-state index in [1.165, 1.54) is 111 Å². The number of aliphatic hydroxyl groups is 4. The molecule has 1 saturated carbocycles. The number of esters is 1. The number of methoxy groups -OCH3 is 2. The van der Waals surface area contributed by atoms with Crippen LogP contribution in [0.25, 0.3) is 30.4 Å². The Morgan fingerprint density at radius 2 is 0.900 bits per heavy atom. The van der Waals surface area contributed by atoms with Crippen molar-refractivity contribution in [2.24, 2.45) is 0 Å². The second-order valence-electron chi connectivity index (χ2n) is 16.2. The van der Waals surface area contributed by atoms with Crippen molar-refractivity contribution >= 4 is 66.2 Å². The SMILES string of the molecule is COc1cc(/C=C/C(=O)O)cc(CO)c1O.COc1cc(/C=C/C(=O)O)ccc1O.O=C(/C=C/c1ccc(O)c(O)c1)O[C@@H]1C[C@](O)(C(=O)O)C[C@@H](O)[C@H]1O.O=C(O)/C=C/c1ccc(O)c(O)c1.O=C(O)/C=C/c1ccc(O)cc1. The summed E-state index contributed by atoms with van der Waals surface area (Å²) in [6, 6.07) is 21.7. The maximum absolute atomic E-state index is 11.8. The first-order valence-electron chi connectivity index (χ1n) is 22.7. The van der Waals surface area contributed by atoms with Crippen LogP contribution in [-0.2, 0) is 40.1 Å². The Morgan fingerprint density at radius 3 is 1.32 bits per heavy atom. The van der Waals surface area contributed by atoms with Gasteiger partial charge in [0.05, 0.1) is 26.9 Å². The van der Waals surface area contributed by atoms with Gasteiger partial charge >= 0.3 is 35.8 Å². The highest BCUT2D eigenvalue weighted by atomic mass is 16.6. The third-order valence-electron chi connectivity index (χ3n) is 10.3. The van der Waals surface area contributed by atoms with Crippen LogP contribution in [0.5, 0.6) is 51.7 Å². The molecule has 0 saturated heterocycles. The monoisotopic (exact) mass is 1120 g/mol. The molecule has 25 nitrogen and oxygen atoms in total. The summed E-state index contributed by atoms with van der Waals surface area (Å²) in [6.07, 6.45) is 6.10. The maximum Gasteiger partial charge on any atom is 0.335 e. The molecule has 1 aliphatic rings. The number of phenolic OH excluding ortho intramolecular Hbond substituents is 6. The number of carboxylic acids is 5. The predicted octanol–water partition coefficient (Wildman–Crippen LogP) is 4.53. The average Bonchev–Trinajstić information content (AvgIpc) is 3.40. The smallest absolute Gasteiger partial charge is 0.335 e. The van der Waals surface area contributed by atoms with E-state index in [1.807, 2.05) is 0 Å². The number of benzene rings is 5. The van der Waals surface area contributed by atoms with E-state index in [2.05, 4.69) is 0 Å². The first kappa shape index (κ1) is 65.8. The lowest BCUT2D eigenvalue weighted by atomic mass is 9.79. The molecular formula is C55H56O25. The van der Waals surface area contributed by atoms with Crippen molar-refractivity contribution in [1.82, 2.24) is 0 Å². The van der Waals surface area contributed by atoms with Crippen LogP contribution in [0.1, 0.15) is 46.2 Å². The summed E-state index contributed by atoms with van der Waals surface area (Å²) < 4.78 is 14.7. The second kappa shape index (κ2) is 32.3. The highest BCUT2D eigenvalue weighted by Gasteiger charge is 2.50. The van der Waals surface area contributed by atoms with E-state index < -0.39 is 72.6 Å². The predicted molar refractivity (Wildman–Crippen MR) is 282 cm³/mol. The summed E-state index contributed by atoms with van der Waals surface area (Å²) in [7, 11) is 2.81. The van der Waals surface area contributed by atoms with Gasteiger partial charge in [0, 0.05) is 48.8 Å². The molecule has 0 heterocycles. The number of aliphatic hydroxyl groups excluding tert-OH is 3. The molecule has 1 fully saturated rings. The molecule has 0 aromatic heterocycles. The lowest BCUT2D eigenvalue weighted by molar-refractivity contribution is -0.196. The molecule has 6 rings (SSSR count). The van der Waals surface area contributed by atoms with E-state index in [9.17, 15) is 64.5 Å². The van der Waals surface area contributed by atoms with E-state index >= 15 is 0 Å². The maximum atomic E-state index is 11.8. The number of aliphatic carboxylic acids is 5. The van der Waals surface area contributed by atoms with Gasteiger partial charge in [0.1, 0.15) is 18.0 Å². The molecule has 0 aliphatic heterocycles. The fraction of sp³-hybridized carbons (Fsp3) is 0.164. The Hall–Kier alpha value is -10.3. The number of carboxylic acid groups (broad SMARTS) is 5. The van der Waals surface area contributed by atoms with Gasteiger partial charge in [-0.3, -0.25) is 0 Å². The van der Waals surface area contributed by atoms with Gasteiger partial charge in [-0.2, -0.15) is 0 Å². The summed E-state index contributed by atoms with van der Waals surface area (Å²) in [5.41, 5.74) is 0.787. The van der Waals surface area contributed by atoms with Crippen molar-refractivity contribution in [3.05, 3.63) is 155 Å². The van der Waals surface area contributed by atoms with E-state index in [-0.39, 0.29) is 58.2 Å². The van der Waals surface area contributed by atoms with E-state index in [1.54, 1.807) is 24.3 Å². The van der Waals surface area contributed by atoms with Crippen LogP contribution in [0.15, 0.2) is 121 Å². The van der Waals surface area contributed by atoms with E-state index in [0.29, 0.717) is 28.0 Å². The van der Waals surface area contributed by atoms with Crippen molar-refractivity contribution < 1.29 is 125 Å². The standard InChI is InChI=1S/C16H18O9.C11H12O5.C10H10O4.C9H8O4.C9H8O3/c17-9-3-1-8(5-10(9)18)2-4-13(20)25-12-7-16(24,15(22)23)6-11(19)14(12)21;1-16-9-5-7(2-3-10(13)14)4-8(6-12)11(9)15;1-14-9-6-7(2-4-8(9)11)3-5-10(12)13;10-7-3-1-6(5-8(7)11)2-4-9(12)13;10-8-4-1-7(2-5-8)3-6-9(11)12/h1-5,11-12,14,17-19,21,24H,6-7H2,(H,22,23);2-5,12,15H,6H2,1H3,(H,13,14);2-6,11H,1H3,(H,12,13);1-5,10-11H,(H,12,13);1-6,10H,(H,11,12)/b4-2+;3-2+;5-3+;4-2+;6-3+/t11-,12-,14-,16+;;;;/m1..../s1. The number of aromatic hydroxyl groups is 7. The minimum Gasteiger partial charge on any atom is -0.508 e. The first-order chi connectivity index (χ1) is 37.6. The molecule has 0 spiro atoms. The summed E-state index contributed by atoms with van der Waals surface area (Å²) in [5.74, 6) is -7.31. The van der Waals surface area contributed by atoms with E-state index in [0.717, 1.165) is 35.9 Å². The van der Waals surface area contributed by atoms with Gasteiger partial charge in [0.25, 0.3) is 0 Å². The van der Waals surface area contributed by atoms with Gasteiger partial charge in [-0.15, -0.1) is 0 Å². The highest BCUT2D eigenvalue weighted by molar-refractivity contribution is 5.88. The van der Waals surface area contributed by atoms with Gasteiger partial charge < -0.3 is 95.9 Å². The topological polar surface area (TPSA) is 454 Å². The zero-order valence-corrected chi connectivity index (χ0v) is 42.1. The molecular weight excluding hydrogens is 1060 g/mol. The number of hydrogen-bond acceptors (Lipinski definition) is 20. The molecule has 0 radical (unpaired) electrons. The number of ether oxygens (including phenoxy) is 3. The van der Waals surface area contributed by atoms with Crippen molar-refractivity contribution in [3.63, 3.8) is 0 Å². The Bertz CT molecular complexity index is 3060. The zero-order valence-electron chi connectivity index (χ0n) is 42.1. The summed E-state index contributed by atoms with van der Waals surface area (Å²) in [4.78, 5) is 63.7. The quantitative estimate of drug-likeness (QED) is 0.0389. The average molecular weight is 1120 g/mol. The second-order valence-corrected chi connectivity index (χ2v) is 16.2. The van der Waals surface area contributed by atoms with Crippen LogP contribution >= 0.6 is 0 Å². The van der Waals surface area contributed by atoms with Crippen molar-refractivity contribution in [1.29, 1.82) is 0 Å². The largest absolute Gasteiger partial charge is 0.508 e. The van der Waals surface area contributed by atoms with Crippen LogP contribution < -0.4 is 9.47 Å². The Balaban J connectivity index is 0.000000352. The number of hydrogen-bond donors (Lipinski definition) is 16. The molecule has 80 heavy (non-hydrogen) atoms. The molecule has 25 heteroatoms. The van der Waals surface area contributed by atoms with Gasteiger partial charge in [-0.25, -0.2) is 28.8 Å². The van der Waals surface area contributed by atoms with Gasteiger partial charge in [0.2, 0.25) is 0 Å². The molecule has 0 amide bonds. The molecule has 0 bridgehead atoms. The highest BCUT2D eigenvalue weighted by Crippen LogP contribution is 2.34. The van der Waals surface area contributed by atoms with Gasteiger partial charge in [0.15, 0.2) is 51.6 Å². The molecule has 0 unspecified atom stereocenters. The number of carbonyl (C=O) groups excluding carboxylic acids is 1. The normalized spacial score (nSPS) is 16.4. The van der Waals surface area contributed by atoms with Crippen LogP contribution in [0, 0.1) is 0 Å². The van der Waals surface area contributed by atoms with Crippen LogP contribution in [0.4, 0.5) is 0 Å². The minimum absolute atomic E-state index is 0.0278. The number of rotatable bonds is 15. The van der Waals surface area contributed by atoms with Crippen molar-refractivity contribution in [2.75, 3.05) is 14.2 Å². The minimum atomic E-state index is -2.31. The Morgan fingerprint density at radius 1 is 0.500 bits per heavy atom. The number of phenols is 7. The van der Waals surface area contributed by atoms with Gasteiger partial charge in [-0.05, 0) is 119 Å². The molecule has 4 atom stereocenters. The van der Waals surface area contributed by atoms with Crippen LogP contribution in [0.2, 0.25) is 0 Å². The lowest BCUT2D eigenvalue weighted by Gasteiger charge is -2.39. The fourth-order valence-electron chi connectivity index (χ4n) is 6.29. The summed E-state index contributed by atoms with van der Waals surface area (Å²) >= 11 is 0. The molecule has 5 aromatic rings. The van der Waals surface area contributed by atoms with E-state index in [4.69, 9.17) is 60.2 Å². The van der Waals surface area contributed by atoms with Crippen molar-refractivity contribution in [2.45, 2.75) is 43.4 Å². The third-order valence-corrected chi connectivity index (χ3v) is 10.3. The van der Waals surface area contributed by atoms with Gasteiger partial charge in [-0.1, -0.05) is 30.3 Å². The fourth-order valence-corrected chi connectivity index (χ4v) is 6.29. The zero-order chi connectivity index (χ0) is 60.3. The third kappa shape index (κ3) is 23.3. The molecule has 5 aromatic carbocycles. The van der Waals surface area contributed by atoms with Crippen LogP contribution in [-0.4, -0.2) is 156 Å². The lowest BCUT2D eigenvalue weighted by Crippen LogP contribution is -2.57. The Labute approximate surface area is 453 Å². The Kier molecular flexibility index (Phi) is 26.5. The molecule has 1 aliphatic carbocycles. The summed E-state index contributed by atoms with van der Waals surface area (Å²) in [5, 5.41) is 145. The van der Waals surface area contributed by atoms with Crippen molar-refractivity contribution in [3.8, 4) is 51.7 Å². The first-order valence-corrected chi connectivity index (χ1v) is 22.7. The molecule has 426 valence electrons. The number of carbonyl (C=O) groups is 6. The summed E-state index contributed by atoms with van der Waals surface area (Å²) in [6.45, 7) is -0.350. The van der Waals surface area contributed by atoms with Crippen LogP contribution in [0.3, 0.4) is 0 Å². The molecule has 16 N–H and O–H groups in total.